The van der Waals surface area contributed by atoms with E-state index in [-0.39, 0.29) is 61.9 Å². The lowest BCUT2D eigenvalue weighted by atomic mass is 9.81. The molecule has 0 unspecified atom stereocenters. The molecular formula is C53H58FN9O13. The third-order valence-electron chi connectivity index (χ3n) is 14.0. The highest BCUT2D eigenvalue weighted by Gasteiger charge is 2.46. The molecule has 8 amide bonds. The molecule has 400 valence electrons. The Labute approximate surface area is 434 Å². The maximum atomic E-state index is 15.4. The Morgan fingerprint density at radius 2 is 1.58 bits per heavy atom. The highest BCUT2D eigenvalue weighted by Crippen LogP contribution is 2.46. The van der Waals surface area contributed by atoms with Gasteiger partial charge in [0, 0.05) is 47.7 Å². The molecule has 1 aliphatic carbocycles. The van der Waals surface area contributed by atoms with E-state index in [0.29, 0.717) is 77.5 Å². The average Bonchev–Trinajstić information content (AvgIpc) is 4.01. The number of benzene rings is 2. The smallest absolute Gasteiger partial charge is 0.343 e. The molecular weight excluding hydrogens is 990 g/mol. The lowest BCUT2D eigenvalue weighted by molar-refractivity contribution is -0.172. The molecule has 0 saturated carbocycles. The number of imide groups is 1. The minimum Gasteiger partial charge on any atom is -0.458 e. The number of cyclic esters (lactones) is 1. The number of aliphatic hydroxyl groups is 1. The van der Waals surface area contributed by atoms with Crippen molar-refractivity contribution >= 4 is 64.1 Å². The topological polar surface area (TPSA) is 303 Å². The summed E-state index contributed by atoms with van der Waals surface area (Å²) in [6, 6.07) is 10.3. The van der Waals surface area contributed by atoms with Crippen LogP contribution in [0.3, 0.4) is 0 Å². The van der Waals surface area contributed by atoms with Gasteiger partial charge in [-0.1, -0.05) is 43.7 Å². The maximum absolute atomic E-state index is 15.4. The van der Waals surface area contributed by atoms with Crippen molar-refractivity contribution in [2.24, 2.45) is 0 Å². The minimum atomic E-state index is -2.05. The molecule has 0 fully saturated rings. The Balaban J connectivity index is 0.806. The molecule has 23 heteroatoms. The van der Waals surface area contributed by atoms with Gasteiger partial charge in [0.15, 0.2) is 5.60 Å². The first-order chi connectivity index (χ1) is 36.5. The number of aromatic nitrogens is 2. The summed E-state index contributed by atoms with van der Waals surface area (Å²) in [7, 11) is 0. The first kappa shape index (κ1) is 54.1. The highest BCUT2D eigenvalue weighted by atomic mass is 19.1. The number of hydrogen-bond donors (Lipinski definition) is 7. The number of nitrogens with zero attached hydrogens (tertiary/aromatic N) is 3. The number of rotatable bonds is 23. The monoisotopic (exact) mass is 1050 g/mol. The van der Waals surface area contributed by atoms with Gasteiger partial charge in [-0.25, -0.2) is 14.2 Å². The average molecular weight is 1050 g/mol. The molecule has 0 radical (unpaired) electrons. The van der Waals surface area contributed by atoms with Crippen LogP contribution in [0, 0.1) is 12.7 Å². The predicted molar refractivity (Wildman–Crippen MR) is 267 cm³/mol. The van der Waals surface area contributed by atoms with Crippen LogP contribution in [0.2, 0.25) is 0 Å². The van der Waals surface area contributed by atoms with Gasteiger partial charge >= 0.3 is 5.97 Å². The number of carbonyl (C=O) groups excluding carboxylic acids is 9. The van der Waals surface area contributed by atoms with E-state index < -0.39 is 103 Å². The fourth-order valence-corrected chi connectivity index (χ4v) is 9.93. The van der Waals surface area contributed by atoms with Crippen molar-refractivity contribution in [2.45, 2.75) is 102 Å². The standard InChI is InChI=1S/C53H58FN9O13/c1-3-53(74)34-20-39-49-32(25-63(39)51(72)33(34)26-76-52(53)73)48-36(16-14-31-29(2)35(54)21-38(61-49)47(31)48)59-44(68)27-75-28-58-42(66)23-57-50(71)37(15-13-30-10-6-4-7-11-30)60-43(67)24-56-41(65)22-55-40(64)12-8-5-9-19-62-45(69)17-18-46(62)70/h4,6-7,10-11,17-18,20-21,36-37,74H,3,5,8-9,12-16,19,22-28H2,1-2H3,(H,55,64)(H,56,65)(H,57,71)(H,58,66)(H,59,68)(H,60,67)/t36-,37-,53-/m0/s1. The number of fused-ring (bicyclic) bond motifs is 5. The van der Waals surface area contributed by atoms with Gasteiger partial charge in [-0.2, -0.15) is 0 Å². The molecule has 0 spiro atoms. The van der Waals surface area contributed by atoms with Crippen LogP contribution < -0.4 is 37.5 Å². The number of carbonyl (C=O) groups is 9. The summed E-state index contributed by atoms with van der Waals surface area (Å²) in [4.78, 5) is 133. The molecule has 8 rings (SSSR count). The largest absolute Gasteiger partial charge is 0.458 e. The molecule has 2 aromatic carbocycles. The number of hydrogen-bond acceptors (Lipinski definition) is 14. The number of nitrogens with one attached hydrogen (secondary N) is 6. The zero-order valence-corrected chi connectivity index (χ0v) is 41.9. The molecule has 0 bridgehead atoms. The summed E-state index contributed by atoms with van der Waals surface area (Å²) < 4.78 is 27.5. The van der Waals surface area contributed by atoms with Crippen molar-refractivity contribution in [2.75, 3.05) is 39.5 Å². The molecule has 76 heavy (non-hydrogen) atoms. The molecule has 2 aromatic heterocycles. The summed E-state index contributed by atoms with van der Waals surface area (Å²) >= 11 is 0. The molecule has 0 saturated heterocycles. The Kier molecular flexibility index (Phi) is 16.8. The molecule has 5 heterocycles. The molecule has 4 aliphatic rings. The number of amides is 8. The number of aryl methyl sites for hydroxylation is 2. The van der Waals surface area contributed by atoms with E-state index in [9.17, 15) is 53.1 Å². The van der Waals surface area contributed by atoms with E-state index in [1.165, 1.54) is 22.8 Å². The second-order valence-electron chi connectivity index (χ2n) is 19.0. The van der Waals surface area contributed by atoms with Gasteiger partial charge in [-0.3, -0.25) is 48.1 Å². The Morgan fingerprint density at radius 1 is 0.868 bits per heavy atom. The minimum absolute atomic E-state index is 0.0499. The molecule has 3 atom stereocenters. The zero-order chi connectivity index (χ0) is 54.3. The van der Waals surface area contributed by atoms with Crippen LogP contribution >= 0.6 is 0 Å². The fourth-order valence-electron chi connectivity index (χ4n) is 9.93. The Morgan fingerprint density at radius 3 is 2.33 bits per heavy atom. The van der Waals surface area contributed by atoms with E-state index in [1.54, 1.807) is 19.9 Å². The number of halogens is 1. The normalized spacial score (nSPS) is 17.3. The van der Waals surface area contributed by atoms with Crippen LogP contribution in [-0.4, -0.2) is 118 Å². The van der Waals surface area contributed by atoms with E-state index in [1.807, 2.05) is 30.3 Å². The molecule has 22 nitrogen and oxygen atoms in total. The Bertz CT molecular complexity index is 3110. The summed E-state index contributed by atoms with van der Waals surface area (Å²) in [6.45, 7) is 0.915. The predicted octanol–water partition coefficient (Wildman–Crippen LogP) is 0.673. The van der Waals surface area contributed by atoms with Gasteiger partial charge in [0.05, 0.1) is 54.7 Å². The maximum Gasteiger partial charge on any atom is 0.343 e. The van der Waals surface area contributed by atoms with E-state index in [4.69, 9.17) is 14.5 Å². The van der Waals surface area contributed by atoms with Crippen LogP contribution in [0.5, 0.6) is 0 Å². The van der Waals surface area contributed by atoms with Crippen molar-refractivity contribution in [3.8, 4) is 11.4 Å². The van der Waals surface area contributed by atoms with Gasteiger partial charge < -0.3 is 51.0 Å². The quantitative estimate of drug-likeness (QED) is 0.0205. The lowest BCUT2D eigenvalue weighted by Gasteiger charge is -2.31. The van der Waals surface area contributed by atoms with Gasteiger partial charge in [0.1, 0.15) is 31.8 Å². The van der Waals surface area contributed by atoms with Crippen LogP contribution in [0.25, 0.3) is 22.3 Å². The van der Waals surface area contributed by atoms with E-state index in [0.717, 1.165) is 16.0 Å². The Hall–Kier alpha value is -8.18. The zero-order valence-electron chi connectivity index (χ0n) is 41.9. The van der Waals surface area contributed by atoms with Gasteiger partial charge in [0.2, 0.25) is 35.4 Å². The lowest BCUT2D eigenvalue weighted by Crippen LogP contribution is -2.51. The van der Waals surface area contributed by atoms with E-state index >= 15 is 4.39 Å². The van der Waals surface area contributed by atoms with Crippen LogP contribution in [-0.2, 0) is 84.2 Å². The first-order valence-electron chi connectivity index (χ1n) is 25.1. The van der Waals surface area contributed by atoms with Crippen LogP contribution in [0.15, 0.2) is 59.4 Å². The molecule has 7 N–H and O–H groups in total. The van der Waals surface area contributed by atoms with Crippen molar-refractivity contribution in [1.82, 2.24) is 46.4 Å². The van der Waals surface area contributed by atoms with E-state index in [2.05, 4.69) is 31.9 Å². The summed E-state index contributed by atoms with van der Waals surface area (Å²) in [6.07, 6.45) is 5.31. The van der Waals surface area contributed by atoms with Crippen molar-refractivity contribution in [1.29, 1.82) is 0 Å². The van der Waals surface area contributed by atoms with Crippen molar-refractivity contribution in [3.63, 3.8) is 0 Å². The first-order valence-corrected chi connectivity index (χ1v) is 25.1. The molecule has 4 aromatic rings. The van der Waals surface area contributed by atoms with Gasteiger partial charge in [-0.05, 0) is 80.2 Å². The summed E-state index contributed by atoms with van der Waals surface area (Å²) in [5.74, 6) is -5.73. The van der Waals surface area contributed by atoms with Gasteiger partial charge in [0.25, 0.3) is 17.4 Å². The fraction of sp³-hybridized carbons (Fsp3) is 0.415. The van der Waals surface area contributed by atoms with Gasteiger partial charge in [-0.15, -0.1) is 0 Å². The SMILES string of the molecule is CC[C@@]1(O)C(=O)OCc2c1cc1n(c2=O)Cc2c-1nc1cc(F)c(C)c3c1c2[C@@H](NC(=O)COCNC(=O)CNC(=O)[C@H](CCc1ccccc1)NC(=O)CNC(=O)CNC(=O)CCCCCN1C(=O)C=CC1=O)CC3. The third kappa shape index (κ3) is 11.8. The second-order valence-corrected chi connectivity index (χ2v) is 19.0. The number of esters is 1. The number of unbranched alkanes of at least 4 members (excludes halogenated alkanes) is 2. The number of pyridine rings is 2. The number of ether oxygens (including phenoxy) is 2. The van der Waals surface area contributed by atoms with Crippen LogP contribution in [0.1, 0.15) is 96.9 Å². The summed E-state index contributed by atoms with van der Waals surface area (Å²) in [5.41, 5.74) is 2.04. The van der Waals surface area contributed by atoms with Crippen molar-refractivity contribution in [3.05, 3.63) is 110 Å². The molecule has 3 aliphatic heterocycles. The van der Waals surface area contributed by atoms with Crippen molar-refractivity contribution < 1.29 is 62.1 Å². The summed E-state index contributed by atoms with van der Waals surface area (Å²) in [5, 5.41) is 27.4. The highest BCUT2D eigenvalue weighted by molar-refractivity contribution is 6.12. The van der Waals surface area contributed by atoms with Crippen LogP contribution in [0.4, 0.5) is 4.39 Å². The second kappa shape index (κ2) is 23.6. The third-order valence-corrected chi connectivity index (χ3v) is 14.0.